The second kappa shape index (κ2) is 23.0. The Bertz CT molecular complexity index is 2460. The van der Waals surface area contributed by atoms with Crippen LogP contribution in [0, 0.1) is 35.5 Å². The highest BCUT2D eigenvalue weighted by atomic mass is 16.4. The number of nitrogens with zero attached hydrogens (tertiary/aromatic N) is 1. The molecule has 9 rings (SSSR count). The van der Waals surface area contributed by atoms with E-state index in [0.717, 1.165) is 125 Å². The van der Waals surface area contributed by atoms with Crippen LogP contribution in [-0.4, -0.2) is 77.4 Å². The van der Waals surface area contributed by atoms with Gasteiger partial charge in [0.1, 0.15) is 0 Å². The quantitative estimate of drug-likeness (QED) is 0.0412. The molecule has 0 bridgehead atoms. The number of nitrogens with one attached hydrogen (secondary N) is 3. The predicted octanol–water partition coefficient (Wildman–Crippen LogP) is 9.45. The average molecular weight is 939 g/mol. The van der Waals surface area contributed by atoms with Crippen molar-refractivity contribution in [1.82, 2.24) is 20.9 Å². The third-order valence-corrected chi connectivity index (χ3v) is 15.1. The zero-order valence-corrected chi connectivity index (χ0v) is 39.9. The highest BCUT2D eigenvalue weighted by Gasteiger charge is 2.33. The van der Waals surface area contributed by atoms with Crippen LogP contribution in [0.4, 0.5) is 0 Å². The smallest absolute Gasteiger partial charge is 0.307 e. The van der Waals surface area contributed by atoms with Gasteiger partial charge in [-0.3, -0.25) is 19.3 Å². The summed E-state index contributed by atoms with van der Waals surface area (Å²) in [7, 11) is 0. The number of carboxylic acid groups (broad SMARTS) is 3. The normalized spacial score (nSPS) is 19.2. The number of benzene rings is 6. The van der Waals surface area contributed by atoms with E-state index >= 15 is 0 Å². The van der Waals surface area contributed by atoms with Crippen molar-refractivity contribution in [2.45, 2.75) is 58.2 Å². The summed E-state index contributed by atoms with van der Waals surface area (Å²) >= 11 is 0. The fourth-order valence-corrected chi connectivity index (χ4v) is 11.3. The largest absolute Gasteiger partial charge is 0.481 e. The molecular weight excluding hydrogens is 873 g/mol. The third-order valence-electron chi connectivity index (χ3n) is 15.1. The molecule has 362 valence electrons. The van der Waals surface area contributed by atoms with Crippen molar-refractivity contribution in [3.05, 3.63) is 179 Å². The minimum atomic E-state index is -0.734. The summed E-state index contributed by atoms with van der Waals surface area (Å²) in [6, 6.07) is 51.0. The molecule has 6 aromatic rings. The molecule has 0 aliphatic carbocycles. The fraction of sp³-hybridized carbons (Fsp3) is 0.350. The average Bonchev–Trinajstić information content (AvgIpc) is 4.21. The minimum absolute atomic E-state index is 0.124. The van der Waals surface area contributed by atoms with Crippen LogP contribution in [0.25, 0.3) is 33.4 Å². The van der Waals surface area contributed by atoms with Crippen LogP contribution >= 0.6 is 0 Å². The van der Waals surface area contributed by atoms with E-state index in [1.807, 2.05) is 36.4 Å². The van der Waals surface area contributed by atoms with Crippen molar-refractivity contribution in [3.63, 3.8) is 0 Å². The number of rotatable bonds is 21. The van der Waals surface area contributed by atoms with Crippen molar-refractivity contribution < 1.29 is 29.7 Å². The van der Waals surface area contributed by atoms with Gasteiger partial charge in [0.25, 0.3) is 0 Å². The van der Waals surface area contributed by atoms with Gasteiger partial charge in [-0.15, -0.1) is 0 Å². The molecule has 0 spiro atoms. The molecule has 10 heteroatoms. The zero-order valence-electron chi connectivity index (χ0n) is 39.9. The first kappa shape index (κ1) is 48.6. The maximum Gasteiger partial charge on any atom is 0.307 e. The van der Waals surface area contributed by atoms with E-state index in [1.165, 1.54) is 0 Å². The highest BCUT2D eigenvalue weighted by Crippen LogP contribution is 2.32. The molecule has 6 unspecified atom stereocenters. The summed E-state index contributed by atoms with van der Waals surface area (Å²) in [5.74, 6) is -3.12. The van der Waals surface area contributed by atoms with E-state index in [1.54, 1.807) is 0 Å². The van der Waals surface area contributed by atoms with Crippen LogP contribution in [0.5, 0.6) is 0 Å². The number of hydrogen-bond acceptors (Lipinski definition) is 7. The summed E-state index contributed by atoms with van der Waals surface area (Å²) in [6.45, 7) is 6.82. The third kappa shape index (κ3) is 12.5. The maximum absolute atomic E-state index is 12.4. The second-order valence-electron chi connectivity index (χ2n) is 20.1. The number of aliphatic carboxylic acids is 3. The Hall–Kier alpha value is -6.43. The molecular formula is C60H66N4O6. The van der Waals surface area contributed by atoms with Gasteiger partial charge in [0.15, 0.2) is 0 Å². The van der Waals surface area contributed by atoms with Crippen molar-refractivity contribution in [2.75, 3.05) is 39.3 Å². The summed E-state index contributed by atoms with van der Waals surface area (Å²) in [5, 5.41) is 40.5. The Morgan fingerprint density at radius 1 is 0.400 bits per heavy atom. The molecule has 10 nitrogen and oxygen atoms in total. The molecule has 0 amide bonds. The SMILES string of the molecule is O=C(O)C(Cc1cccc(-c2cccc(CN(Cc3cccc(-c4cccc(CC(C(=O)O)C5CCNC5)c4)c3)Cc3cccc(-c4cccc(CC(C(=O)O)C5CCNC5)c4)c3)c2)c1)C1CCNC1. The molecule has 70 heavy (non-hydrogen) atoms. The predicted molar refractivity (Wildman–Crippen MR) is 276 cm³/mol. The van der Waals surface area contributed by atoms with E-state index < -0.39 is 35.7 Å². The lowest BCUT2D eigenvalue weighted by Gasteiger charge is -2.24. The molecule has 0 aromatic heterocycles. The topological polar surface area (TPSA) is 151 Å². The minimum Gasteiger partial charge on any atom is -0.481 e. The van der Waals surface area contributed by atoms with Gasteiger partial charge in [-0.05, 0) is 181 Å². The summed E-state index contributed by atoms with van der Waals surface area (Å²) in [6.07, 6.45) is 4.13. The van der Waals surface area contributed by atoms with Crippen LogP contribution in [0.3, 0.4) is 0 Å². The van der Waals surface area contributed by atoms with Crippen LogP contribution in [0.2, 0.25) is 0 Å². The Kier molecular flexibility index (Phi) is 16.0. The maximum atomic E-state index is 12.4. The van der Waals surface area contributed by atoms with Gasteiger partial charge in [0, 0.05) is 19.6 Å². The lowest BCUT2D eigenvalue weighted by Crippen LogP contribution is -2.27. The molecule has 3 aliphatic rings. The monoisotopic (exact) mass is 938 g/mol. The van der Waals surface area contributed by atoms with Crippen LogP contribution < -0.4 is 16.0 Å². The van der Waals surface area contributed by atoms with E-state index in [2.05, 4.69) is 130 Å². The number of hydrogen-bond donors (Lipinski definition) is 6. The zero-order chi connectivity index (χ0) is 48.4. The Morgan fingerprint density at radius 2 is 0.643 bits per heavy atom. The first-order valence-corrected chi connectivity index (χ1v) is 25.2. The van der Waals surface area contributed by atoms with Crippen LogP contribution in [0.15, 0.2) is 146 Å². The molecule has 6 N–H and O–H groups in total. The molecule has 3 saturated heterocycles. The van der Waals surface area contributed by atoms with Crippen molar-refractivity contribution >= 4 is 17.9 Å². The van der Waals surface area contributed by atoms with E-state index in [0.29, 0.717) is 38.9 Å². The summed E-state index contributed by atoms with van der Waals surface area (Å²) in [4.78, 5) is 39.6. The molecule has 6 atom stereocenters. The Labute approximate surface area is 412 Å². The van der Waals surface area contributed by atoms with Gasteiger partial charge < -0.3 is 31.3 Å². The van der Waals surface area contributed by atoms with Crippen molar-refractivity contribution in [1.29, 1.82) is 0 Å². The first-order chi connectivity index (χ1) is 34.1. The van der Waals surface area contributed by atoms with Crippen molar-refractivity contribution in [3.8, 4) is 33.4 Å². The van der Waals surface area contributed by atoms with Crippen LogP contribution in [-0.2, 0) is 53.3 Å². The van der Waals surface area contributed by atoms with Crippen LogP contribution in [0.1, 0.15) is 52.6 Å². The van der Waals surface area contributed by atoms with E-state index in [4.69, 9.17) is 0 Å². The molecule has 0 saturated carbocycles. The lowest BCUT2D eigenvalue weighted by molar-refractivity contribution is -0.144. The van der Waals surface area contributed by atoms with E-state index in [9.17, 15) is 29.7 Å². The molecule has 3 heterocycles. The van der Waals surface area contributed by atoms with Gasteiger partial charge >= 0.3 is 17.9 Å². The van der Waals surface area contributed by atoms with Gasteiger partial charge in [-0.2, -0.15) is 0 Å². The molecule has 0 radical (unpaired) electrons. The first-order valence-electron chi connectivity index (χ1n) is 25.2. The standard InChI is InChI=1S/C60H66N4O6/c65-58(66)55(52-19-22-61-34-52)31-40-7-1-13-46(25-40)49-16-4-10-43(28-49)37-64(38-44-11-5-17-50(29-44)47-14-2-8-41(26-47)32-56(59(67)68)53-20-23-62-35-53)39-45-12-6-18-51(30-45)48-15-3-9-42(27-48)33-57(60(69)70)54-21-24-63-36-54/h1-18,25-30,52-57,61-63H,19-24,31-39H2,(H,65,66)(H,67,68)(H,69,70). The fourth-order valence-electron chi connectivity index (χ4n) is 11.3. The molecule has 3 fully saturated rings. The molecule has 6 aromatic carbocycles. The van der Waals surface area contributed by atoms with E-state index in [-0.39, 0.29) is 17.8 Å². The molecule has 3 aliphatic heterocycles. The Balaban J connectivity index is 0.978. The van der Waals surface area contributed by atoms with Gasteiger partial charge in [-0.25, -0.2) is 0 Å². The highest BCUT2D eigenvalue weighted by molar-refractivity contribution is 5.73. The second-order valence-corrected chi connectivity index (χ2v) is 20.1. The van der Waals surface area contributed by atoms with Gasteiger partial charge in [-0.1, -0.05) is 127 Å². The summed E-state index contributed by atoms with van der Waals surface area (Å²) < 4.78 is 0. The van der Waals surface area contributed by atoms with Gasteiger partial charge in [0.2, 0.25) is 0 Å². The van der Waals surface area contributed by atoms with Gasteiger partial charge in [0.05, 0.1) is 17.8 Å². The Morgan fingerprint density at radius 3 is 0.871 bits per heavy atom. The summed E-state index contributed by atoms with van der Waals surface area (Å²) in [5.41, 5.74) is 13.0. The number of carbonyl (C=O) groups is 3. The van der Waals surface area contributed by atoms with Crippen molar-refractivity contribution in [2.24, 2.45) is 35.5 Å². The lowest BCUT2D eigenvalue weighted by atomic mass is 9.85. The number of carboxylic acids is 3.